The summed E-state index contributed by atoms with van der Waals surface area (Å²) in [6, 6.07) is 12.6. The lowest BCUT2D eigenvalue weighted by Crippen LogP contribution is -2.48. The van der Waals surface area contributed by atoms with E-state index in [1.165, 1.54) is 10.6 Å². The molecule has 2 aromatic rings. The maximum atomic E-state index is 13.4. The Labute approximate surface area is 224 Å². The third kappa shape index (κ3) is 9.24. The van der Waals surface area contributed by atoms with Gasteiger partial charge in [-0.1, -0.05) is 47.5 Å². The summed E-state index contributed by atoms with van der Waals surface area (Å²) in [6.45, 7) is 8.66. The molecule has 36 heavy (non-hydrogen) atoms. The Hall–Kier alpha value is -2.39. The molecule has 0 spiro atoms. The molecule has 2 aromatic carbocycles. The molecule has 0 unspecified atom stereocenters. The lowest BCUT2D eigenvalue weighted by molar-refractivity contribution is -0.140. The van der Waals surface area contributed by atoms with E-state index in [4.69, 9.17) is 0 Å². The van der Waals surface area contributed by atoms with Crippen LogP contribution >= 0.6 is 15.9 Å². The van der Waals surface area contributed by atoms with Crippen molar-refractivity contribution in [2.45, 2.75) is 66.0 Å². The van der Waals surface area contributed by atoms with Crippen molar-refractivity contribution in [1.29, 1.82) is 0 Å². The normalized spacial score (nSPS) is 12.2. The highest BCUT2D eigenvalue weighted by Crippen LogP contribution is 2.22. The Morgan fingerprint density at radius 3 is 2.31 bits per heavy atom. The maximum absolute atomic E-state index is 13.4. The summed E-state index contributed by atoms with van der Waals surface area (Å²) in [6.07, 6.45) is 3.47. The SMILES string of the molecule is CCCCNC(=O)[C@H](C)N(Cc1cccc(Br)c1)C(=O)CCCN(c1cc(C)cc(C)c1)S(C)(=O)=O. The average Bonchev–Trinajstić information content (AvgIpc) is 2.78. The van der Waals surface area contributed by atoms with Crippen molar-refractivity contribution in [1.82, 2.24) is 10.2 Å². The Kier molecular flexibility index (Phi) is 11.4. The molecular weight excluding hydrogens is 542 g/mol. The van der Waals surface area contributed by atoms with Crippen LogP contribution in [-0.2, 0) is 26.2 Å². The molecular formula is C27H38BrN3O4S. The number of amides is 2. The number of anilines is 1. The molecule has 0 fully saturated rings. The summed E-state index contributed by atoms with van der Waals surface area (Å²) in [7, 11) is -3.53. The fourth-order valence-corrected chi connectivity index (χ4v) is 5.45. The Morgan fingerprint density at radius 2 is 1.72 bits per heavy atom. The van der Waals surface area contributed by atoms with Crippen molar-refractivity contribution in [3.63, 3.8) is 0 Å². The number of halogens is 1. The highest BCUT2D eigenvalue weighted by atomic mass is 79.9. The predicted octanol–water partition coefficient (Wildman–Crippen LogP) is 4.95. The molecule has 0 aromatic heterocycles. The third-order valence-electron chi connectivity index (χ3n) is 5.89. The van der Waals surface area contributed by atoms with E-state index in [2.05, 4.69) is 28.2 Å². The summed E-state index contributed by atoms with van der Waals surface area (Å²) in [5, 5.41) is 2.91. The minimum absolute atomic E-state index is 0.122. The fourth-order valence-electron chi connectivity index (χ4n) is 4.05. The monoisotopic (exact) mass is 579 g/mol. The van der Waals surface area contributed by atoms with Gasteiger partial charge in [0.25, 0.3) is 0 Å². The average molecular weight is 581 g/mol. The van der Waals surface area contributed by atoms with E-state index < -0.39 is 16.1 Å². The molecule has 0 saturated heterocycles. The van der Waals surface area contributed by atoms with Crippen molar-refractivity contribution in [3.8, 4) is 0 Å². The van der Waals surface area contributed by atoms with Gasteiger partial charge in [0.15, 0.2) is 0 Å². The molecule has 0 aliphatic heterocycles. The number of nitrogens with zero attached hydrogens (tertiary/aromatic N) is 2. The van der Waals surface area contributed by atoms with Crippen molar-refractivity contribution in [3.05, 3.63) is 63.6 Å². The summed E-state index contributed by atoms with van der Waals surface area (Å²) in [4.78, 5) is 27.7. The van der Waals surface area contributed by atoms with Gasteiger partial charge in [0.05, 0.1) is 11.9 Å². The van der Waals surface area contributed by atoms with Crippen molar-refractivity contribution in [2.24, 2.45) is 0 Å². The largest absolute Gasteiger partial charge is 0.354 e. The Morgan fingerprint density at radius 1 is 1.06 bits per heavy atom. The zero-order valence-corrected chi connectivity index (χ0v) is 24.3. The van der Waals surface area contributed by atoms with Crippen LogP contribution in [0.15, 0.2) is 46.9 Å². The van der Waals surface area contributed by atoms with Crippen LogP contribution in [0.2, 0.25) is 0 Å². The molecule has 1 N–H and O–H groups in total. The number of sulfonamides is 1. The minimum atomic E-state index is -3.53. The van der Waals surface area contributed by atoms with Crippen LogP contribution < -0.4 is 9.62 Å². The second-order valence-electron chi connectivity index (χ2n) is 9.26. The molecule has 2 rings (SSSR count). The maximum Gasteiger partial charge on any atom is 0.242 e. The molecule has 9 heteroatoms. The lowest BCUT2D eigenvalue weighted by Gasteiger charge is -2.29. The molecule has 0 bridgehead atoms. The first-order valence-corrected chi connectivity index (χ1v) is 14.9. The van der Waals surface area contributed by atoms with Crippen molar-refractivity contribution >= 4 is 43.5 Å². The molecule has 0 aliphatic rings. The van der Waals surface area contributed by atoms with Crippen LogP contribution in [-0.4, -0.2) is 50.5 Å². The van der Waals surface area contributed by atoms with Crippen molar-refractivity contribution < 1.29 is 18.0 Å². The fraction of sp³-hybridized carbons (Fsp3) is 0.481. The van der Waals surface area contributed by atoms with Crippen LogP contribution in [0.3, 0.4) is 0 Å². The van der Waals surface area contributed by atoms with Crippen LogP contribution in [0.25, 0.3) is 0 Å². The number of unbranched alkanes of at least 4 members (excludes halogenated alkanes) is 1. The van der Waals surface area contributed by atoms with Gasteiger partial charge in [0.2, 0.25) is 21.8 Å². The Bertz CT molecular complexity index is 1130. The molecule has 0 aliphatic carbocycles. The number of hydrogen-bond acceptors (Lipinski definition) is 4. The zero-order valence-electron chi connectivity index (χ0n) is 21.9. The van der Waals surface area contributed by atoms with Gasteiger partial charge < -0.3 is 10.2 Å². The molecule has 7 nitrogen and oxygen atoms in total. The van der Waals surface area contributed by atoms with Gasteiger partial charge in [0, 0.05) is 30.5 Å². The van der Waals surface area contributed by atoms with Crippen molar-refractivity contribution in [2.75, 3.05) is 23.7 Å². The van der Waals surface area contributed by atoms with Crippen LogP contribution in [0.1, 0.15) is 56.2 Å². The third-order valence-corrected chi connectivity index (χ3v) is 7.57. The predicted molar refractivity (Wildman–Crippen MR) is 149 cm³/mol. The van der Waals surface area contributed by atoms with E-state index in [1.807, 2.05) is 56.3 Å². The summed E-state index contributed by atoms with van der Waals surface area (Å²) < 4.78 is 27.3. The number of nitrogens with one attached hydrogen (secondary N) is 1. The molecule has 2 amide bonds. The number of carbonyl (C=O) groups excluding carboxylic acids is 2. The van der Waals surface area contributed by atoms with E-state index in [9.17, 15) is 18.0 Å². The number of benzene rings is 2. The van der Waals surface area contributed by atoms with E-state index in [0.29, 0.717) is 18.7 Å². The van der Waals surface area contributed by atoms with Gasteiger partial charge in [0.1, 0.15) is 6.04 Å². The second kappa shape index (κ2) is 13.8. The lowest BCUT2D eigenvalue weighted by atomic mass is 10.1. The van der Waals surface area contributed by atoms with Gasteiger partial charge in [-0.15, -0.1) is 0 Å². The number of hydrogen-bond donors (Lipinski definition) is 1. The molecule has 0 saturated carbocycles. The first-order valence-electron chi connectivity index (χ1n) is 12.3. The number of rotatable bonds is 13. The van der Waals surface area contributed by atoms with Gasteiger partial charge >= 0.3 is 0 Å². The minimum Gasteiger partial charge on any atom is -0.354 e. The van der Waals surface area contributed by atoms with Crippen LogP contribution in [0.5, 0.6) is 0 Å². The van der Waals surface area contributed by atoms with E-state index in [0.717, 1.165) is 34.0 Å². The zero-order chi connectivity index (χ0) is 26.9. The number of aryl methyl sites for hydroxylation is 2. The standard InChI is InChI=1S/C27H38BrN3O4S/c1-6-7-13-29-27(33)22(4)30(19-23-10-8-11-24(28)18-23)26(32)12-9-14-31(36(5,34)35)25-16-20(2)15-21(3)17-25/h8,10-11,15-18,22H,6-7,9,12-14,19H2,1-5H3,(H,29,33)/t22-/m0/s1. The first-order chi connectivity index (χ1) is 16.9. The van der Waals surface area contributed by atoms with Gasteiger partial charge in [-0.2, -0.15) is 0 Å². The quantitative estimate of drug-likeness (QED) is 0.340. The van der Waals surface area contributed by atoms with Gasteiger partial charge in [-0.3, -0.25) is 13.9 Å². The molecule has 0 radical (unpaired) electrons. The van der Waals surface area contributed by atoms with Gasteiger partial charge in [-0.25, -0.2) is 8.42 Å². The first kappa shape index (κ1) is 29.8. The molecule has 1 atom stereocenters. The summed E-state index contributed by atoms with van der Waals surface area (Å²) in [5.74, 6) is -0.387. The van der Waals surface area contributed by atoms with E-state index in [1.54, 1.807) is 11.8 Å². The van der Waals surface area contributed by atoms with E-state index in [-0.39, 0.29) is 31.3 Å². The van der Waals surface area contributed by atoms with Crippen LogP contribution in [0.4, 0.5) is 5.69 Å². The summed E-state index contributed by atoms with van der Waals surface area (Å²) >= 11 is 3.46. The smallest absolute Gasteiger partial charge is 0.242 e. The Balaban J connectivity index is 2.17. The second-order valence-corrected chi connectivity index (χ2v) is 12.1. The topological polar surface area (TPSA) is 86.8 Å². The van der Waals surface area contributed by atoms with Gasteiger partial charge in [-0.05, 0) is 74.6 Å². The highest BCUT2D eigenvalue weighted by Gasteiger charge is 2.26. The van der Waals surface area contributed by atoms with Crippen LogP contribution in [0, 0.1) is 13.8 Å². The highest BCUT2D eigenvalue weighted by molar-refractivity contribution is 9.10. The molecule has 0 heterocycles. The number of carbonyl (C=O) groups is 2. The molecule has 198 valence electrons. The van der Waals surface area contributed by atoms with E-state index >= 15 is 0 Å². The summed E-state index contributed by atoms with van der Waals surface area (Å²) in [5.41, 5.74) is 3.44.